The number of benzene rings is 1. The van der Waals surface area contributed by atoms with Crippen molar-refractivity contribution in [3.8, 4) is 0 Å². The highest BCUT2D eigenvalue weighted by Crippen LogP contribution is 2.48. The largest absolute Gasteiger partial charge is 0.392 e. The summed E-state index contributed by atoms with van der Waals surface area (Å²) in [5.41, 5.74) is 7.13. The van der Waals surface area contributed by atoms with Gasteiger partial charge >= 0.3 is 0 Å². The first-order chi connectivity index (χ1) is 8.20. The van der Waals surface area contributed by atoms with Crippen LogP contribution < -0.4 is 0 Å². The van der Waals surface area contributed by atoms with Crippen molar-refractivity contribution in [3.05, 3.63) is 33.9 Å². The number of aliphatic hydroxyl groups is 1. The summed E-state index contributed by atoms with van der Waals surface area (Å²) in [6.45, 7) is 13.8. The standard InChI is InChI=1S/C17H26O/c1-11-9-14-15(12(2)13(11)10-18)17(5,6)8-7-16(14,3)4/h9,18H,7-8,10H2,1-6H3. The lowest BCUT2D eigenvalue weighted by Gasteiger charge is -2.43. The average Bonchev–Trinajstić information content (AvgIpc) is 2.24. The lowest BCUT2D eigenvalue weighted by atomic mass is 9.61. The van der Waals surface area contributed by atoms with Crippen LogP contribution in [0.3, 0.4) is 0 Å². The van der Waals surface area contributed by atoms with Gasteiger partial charge in [0.05, 0.1) is 6.61 Å². The number of rotatable bonds is 1. The Morgan fingerprint density at radius 1 is 1.06 bits per heavy atom. The molecule has 0 amide bonds. The van der Waals surface area contributed by atoms with Crippen LogP contribution in [0.5, 0.6) is 0 Å². The van der Waals surface area contributed by atoms with Crippen molar-refractivity contribution in [1.29, 1.82) is 0 Å². The Hall–Kier alpha value is -0.820. The van der Waals surface area contributed by atoms with Gasteiger partial charge in [0.15, 0.2) is 0 Å². The Balaban J connectivity index is 2.80. The van der Waals surface area contributed by atoms with Crippen molar-refractivity contribution in [2.45, 2.75) is 71.8 Å². The minimum Gasteiger partial charge on any atom is -0.392 e. The lowest BCUT2D eigenvalue weighted by Crippen LogP contribution is -2.35. The van der Waals surface area contributed by atoms with Crippen molar-refractivity contribution < 1.29 is 5.11 Å². The van der Waals surface area contributed by atoms with Gasteiger partial charge in [-0.25, -0.2) is 0 Å². The van der Waals surface area contributed by atoms with E-state index in [0.29, 0.717) is 0 Å². The zero-order valence-electron chi connectivity index (χ0n) is 12.6. The van der Waals surface area contributed by atoms with Gasteiger partial charge in [-0.3, -0.25) is 0 Å². The average molecular weight is 246 g/mol. The third-order valence-electron chi connectivity index (χ3n) is 4.87. The molecule has 1 heteroatoms. The summed E-state index contributed by atoms with van der Waals surface area (Å²) in [5.74, 6) is 0. The summed E-state index contributed by atoms with van der Waals surface area (Å²) in [7, 11) is 0. The summed E-state index contributed by atoms with van der Waals surface area (Å²) in [6, 6.07) is 2.31. The van der Waals surface area contributed by atoms with Crippen LogP contribution in [-0.2, 0) is 17.4 Å². The molecule has 1 aromatic carbocycles. The molecule has 0 heterocycles. The third-order valence-corrected chi connectivity index (χ3v) is 4.87. The molecule has 2 rings (SSSR count). The maximum atomic E-state index is 9.60. The van der Waals surface area contributed by atoms with Gasteiger partial charge in [-0.15, -0.1) is 0 Å². The fourth-order valence-corrected chi connectivity index (χ4v) is 3.56. The van der Waals surface area contributed by atoms with Crippen LogP contribution in [0.2, 0.25) is 0 Å². The van der Waals surface area contributed by atoms with Gasteiger partial charge in [0, 0.05) is 0 Å². The molecule has 0 atom stereocenters. The first kappa shape index (κ1) is 13.6. The van der Waals surface area contributed by atoms with Gasteiger partial charge in [0.1, 0.15) is 0 Å². The normalized spacial score (nSPS) is 20.6. The Kier molecular flexibility index (Phi) is 3.09. The molecule has 0 spiro atoms. The van der Waals surface area contributed by atoms with E-state index in [4.69, 9.17) is 0 Å². The van der Waals surface area contributed by atoms with Gasteiger partial charge < -0.3 is 5.11 Å². The Bertz CT molecular complexity index is 481. The van der Waals surface area contributed by atoms with Crippen LogP contribution in [0.25, 0.3) is 0 Å². The molecule has 0 bridgehead atoms. The van der Waals surface area contributed by atoms with Gasteiger partial charge in [0.25, 0.3) is 0 Å². The molecule has 1 aromatic rings. The Morgan fingerprint density at radius 3 is 2.17 bits per heavy atom. The van der Waals surface area contributed by atoms with Crippen LogP contribution in [0.1, 0.15) is 68.4 Å². The van der Waals surface area contributed by atoms with E-state index in [1.807, 2.05) is 0 Å². The molecule has 1 aliphatic rings. The second-order valence-corrected chi connectivity index (χ2v) is 7.15. The Morgan fingerprint density at radius 2 is 1.61 bits per heavy atom. The van der Waals surface area contributed by atoms with E-state index in [0.717, 1.165) is 5.56 Å². The fourth-order valence-electron chi connectivity index (χ4n) is 3.56. The molecule has 0 saturated heterocycles. The number of hydrogen-bond donors (Lipinski definition) is 1. The highest BCUT2D eigenvalue weighted by molar-refractivity contribution is 5.52. The SMILES string of the molecule is Cc1cc2c(c(C)c1CO)C(C)(C)CCC2(C)C. The number of fused-ring (bicyclic) bond motifs is 1. The monoisotopic (exact) mass is 246 g/mol. The molecule has 0 aromatic heterocycles. The van der Waals surface area contributed by atoms with E-state index in [9.17, 15) is 5.11 Å². The van der Waals surface area contributed by atoms with E-state index in [-0.39, 0.29) is 17.4 Å². The Labute approximate surface area is 111 Å². The summed E-state index contributed by atoms with van der Waals surface area (Å²) in [6.07, 6.45) is 2.46. The zero-order valence-corrected chi connectivity index (χ0v) is 12.6. The van der Waals surface area contributed by atoms with Crippen molar-refractivity contribution in [2.24, 2.45) is 0 Å². The number of hydrogen-bond acceptors (Lipinski definition) is 1. The van der Waals surface area contributed by atoms with Crippen LogP contribution in [0.15, 0.2) is 6.07 Å². The number of aliphatic hydroxyl groups excluding tert-OH is 1. The molecule has 0 saturated carbocycles. The third kappa shape index (κ3) is 1.89. The predicted molar refractivity (Wildman–Crippen MR) is 77.1 cm³/mol. The minimum atomic E-state index is 0.154. The van der Waals surface area contributed by atoms with Crippen LogP contribution in [0.4, 0.5) is 0 Å². The lowest BCUT2D eigenvalue weighted by molar-refractivity contribution is 0.278. The van der Waals surface area contributed by atoms with Crippen molar-refractivity contribution >= 4 is 0 Å². The van der Waals surface area contributed by atoms with Crippen LogP contribution >= 0.6 is 0 Å². The molecule has 0 aliphatic heterocycles. The topological polar surface area (TPSA) is 20.2 Å². The van der Waals surface area contributed by atoms with Gasteiger partial charge in [-0.1, -0.05) is 33.8 Å². The predicted octanol–water partition coefficient (Wildman–Crippen LogP) is 4.14. The summed E-state index contributed by atoms with van der Waals surface area (Å²) < 4.78 is 0. The first-order valence-electron chi connectivity index (χ1n) is 6.95. The highest BCUT2D eigenvalue weighted by atomic mass is 16.3. The summed E-state index contributed by atoms with van der Waals surface area (Å²) >= 11 is 0. The number of aryl methyl sites for hydroxylation is 1. The van der Waals surface area contributed by atoms with Crippen LogP contribution in [-0.4, -0.2) is 5.11 Å². The quantitative estimate of drug-likeness (QED) is 0.789. The molecule has 1 nitrogen and oxygen atoms in total. The van der Waals surface area contributed by atoms with Gasteiger partial charge in [0.2, 0.25) is 0 Å². The highest BCUT2D eigenvalue weighted by Gasteiger charge is 2.38. The van der Waals surface area contributed by atoms with Crippen molar-refractivity contribution in [3.63, 3.8) is 0 Å². The first-order valence-corrected chi connectivity index (χ1v) is 6.95. The minimum absolute atomic E-state index is 0.154. The van der Waals surface area contributed by atoms with E-state index in [1.165, 1.54) is 35.1 Å². The molecule has 0 unspecified atom stereocenters. The summed E-state index contributed by atoms with van der Waals surface area (Å²) in [5, 5.41) is 9.60. The smallest absolute Gasteiger partial charge is 0.0687 e. The van der Waals surface area contributed by atoms with Crippen molar-refractivity contribution in [1.82, 2.24) is 0 Å². The molecule has 18 heavy (non-hydrogen) atoms. The molecular formula is C17H26O. The second kappa shape index (κ2) is 4.09. The second-order valence-electron chi connectivity index (χ2n) is 7.15. The van der Waals surface area contributed by atoms with E-state index in [1.54, 1.807) is 0 Å². The fraction of sp³-hybridized carbons (Fsp3) is 0.647. The molecule has 1 aliphatic carbocycles. The molecular weight excluding hydrogens is 220 g/mol. The molecule has 100 valence electrons. The molecule has 0 fully saturated rings. The van der Waals surface area contributed by atoms with E-state index < -0.39 is 0 Å². The van der Waals surface area contributed by atoms with E-state index >= 15 is 0 Å². The van der Waals surface area contributed by atoms with Gasteiger partial charge in [-0.05, 0) is 65.3 Å². The van der Waals surface area contributed by atoms with E-state index in [2.05, 4.69) is 47.6 Å². The van der Waals surface area contributed by atoms with Gasteiger partial charge in [-0.2, -0.15) is 0 Å². The molecule has 0 radical (unpaired) electrons. The van der Waals surface area contributed by atoms with Crippen molar-refractivity contribution in [2.75, 3.05) is 0 Å². The maximum Gasteiger partial charge on any atom is 0.0687 e. The zero-order chi connectivity index (χ0) is 13.7. The maximum absolute atomic E-state index is 9.60. The van der Waals surface area contributed by atoms with Crippen LogP contribution in [0, 0.1) is 13.8 Å². The molecule has 1 N–H and O–H groups in total. The summed E-state index contributed by atoms with van der Waals surface area (Å²) in [4.78, 5) is 0.